The zero-order valence-electron chi connectivity index (χ0n) is 11.9. The molecule has 126 valence electrons. The van der Waals surface area contributed by atoms with Crippen LogP contribution in [0.25, 0.3) is 11.4 Å². The predicted molar refractivity (Wildman–Crippen MR) is 72.5 cm³/mol. The Morgan fingerprint density at radius 3 is 2.71 bits per heavy atom. The van der Waals surface area contributed by atoms with E-state index in [4.69, 9.17) is 10.3 Å². The van der Waals surface area contributed by atoms with Crippen LogP contribution in [-0.4, -0.2) is 19.9 Å². The van der Waals surface area contributed by atoms with Crippen molar-refractivity contribution >= 4 is 0 Å². The fourth-order valence-corrected chi connectivity index (χ4v) is 2.01. The van der Waals surface area contributed by atoms with Crippen molar-refractivity contribution < 1.29 is 22.2 Å². The number of hydrogen-bond donors (Lipinski definition) is 1. The quantitative estimate of drug-likeness (QED) is 0.763. The van der Waals surface area contributed by atoms with Gasteiger partial charge in [-0.25, -0.2) is 9.36 Å². The molecule has 0 amide bonds. The molecule has 0 bridgehead atoms. The Balaban J connectivity index is 1.89. The van der Waals surface area contributed by atoms with Gasteiger partial charge < -0.3 is 10.3 Å². The highest BCUT2D eigenvalue weighted by molar-refractivity contribution is 5.55. The number of aromatic nitrogens is 4. The third kappa shape index (κ3) is 3.06. The summed E-state index contributed by atoms with van der Waals surface area (Å²) in [6.45, 7) is -0.193. The topological polar surface area (TPSA) is 113 Å². The van der Waals surface area contributed by atoms with Crippen molar-refractivity contribution in [3.63, 3.8) is 0 Å². The van der Waals surface area contributed by atoms with Crippen molar-refractivity contribution in [3.8, 4) is 11.4 Å². The zero-order valence-corrected chi connectivity index (χ0v) is 11.9. The summed E-state index contributed by atoms with van der Waals surface area (Å²) in [5.74, 6) is -0.606. The third-order valence-electron chi connectivity index (χ3n) is 3.15. The van der Waals surface area contributed by atoms with Crippen molar-refractivity contribution in [1.29, 1.82) is 0 Å². The van der Waals surface area contributed by atoms with Crippen LogP contribution in [0, 0.1) is 0 Å². The van der Waals surface area contributed by atoms with Crippen LogP contribution >= 0.6 is 0 Å². The second-order valence-corrected chi connectivity index (χ2v) is 4.75. The molecule has 2 N–H and O–H groups in total. The highest BCUT2D eigenvalue weighted by atomic mass is 19.4. The lowest BCUT2D eigenvalue weighted by Gasteiger charge is -2.06. The van der Waals surface area contributed by atoms with Crippen molar-refractivity contribution in [2.45, 2.75) is 19.3 Å². The smallest absolute Gasteiger partial charge is 0.337 e. The van der Waals surface area contributed by atoms with E-state index >= 15 is 0 Å². The minimum absolute atomic E-state index is 0.00223. The van der Waals surface area contributed by atoms with E-state index in [9.17, 15) is 18.0 Å². The number of alkyl halides is 3. The van der Waals surface area contributed by atoms with Crippen molar-refractivity contribution in [1.82, 2.24) is 19.9 Å². The molecule has 1 aromatic carbocycles. The van der Waals surface area contributed by atoms with Gasteiger partial charge in [0, 0.05) is 5.56 Å². The molecule has 0 aliphatic carbocycles. The van der Waals surface area contributed by atoms with E-state index in [0.29, 0.717) is 0 Å². The van der Waals surface area contributed by atoms with Gasteiger partial charge in [0.05, 0.1) is 12.1 Å². The maximum Gasteiger partial charge on any atom is 0.442 e. The van der Waals surface area contributed by atoms with E-state index in [0.717, 1.165) is 16.7 Å². The average molecular weight is 341 g/mol. The summed E-state index contributed by atoms with van der Waals surface area (Å²) < 4.78 is 48.7. The summed E-state index contributed by atoms with van der Waals surface area (Å²) in [5.41, 5.74) is 4.72. The van der Waals surface area contributed by atoms with E-state index in [1.165, 1.54) is 12.1 Å². The Hall–Kier alpha value is -2.95. The Kier molecular flexibility index (Phi) is 3.93. The molecule has 8 nitrogen and oxygen atoms in total. The van der Waals surface area contributed by atoms with E-state index < -0.39 is 17.5 Å². The number of halogens is 3. The molecular formula is C13H10F3N5O3. The lowest BCUT2D eigenvalue weighted by Crippen LogP contribution is -2.19. The maximum absolute atomic E-state index is 12.7. The monoisotopic (exact) mass is 341 g/mol. The van der Waals surface area contributed by atoms with Crippen LogP contribution in [0.4, 0.5) is 13.2 Å². The van der Waals surface area contributed by atoms with E-state index in [1.54, 1.807) is 0 Å². The lowest BCUT2D eigenvalue weighted by molar-refractivity contribution is -0.137. The Morgan fingerprint density at radius 2 is 2.00 bits per heavy atom. The Labute approximate surface area is 131 Å². The number of benzene rings is 1. The fraction of sp³-hybridized carbons (Fsp3) is 0.231. The molecular weight excluding hydrogens is 331 g/mol. The number of nitrogens with zero attached hydrogens (tertiary/aromatic N) is 4. The van der Waals surface area contributed by atoms with Gasteiger partial charge in [-0.3, -0.25) is 4.52 Å². The van der Waals surface area contributed by atoms with Crippen LogP contribution in [0.5, 0.6) is 0 Å². The molecule has 0 spiro atoms. The van der Waals surface area contributed by atoms with Gasteiger partial charge in [-0.2, -0.15) is 18.2 Å². The highest BCUT2D eigenvalue weighted by Gasteiger charge is 2.30. The summed E-state index contributed by atoms with van der Waals surface area (Å²) in [5, 5.41) is 7.09. The van der Waals surface area contributed by atoms with Crippen LogP contribution in [0.3, 0.4) is 0 Å². The molecule has 11 heteroatoms. The van der Waals surface area contributed by atoms with E-state index in [2.05, 4.69) is 19.8 Å². The molecule has 0 saturated carbocycles. The van der Waals surface area contributed by atoms with Gasteiger partial charge in [0.1, 0.15) is 6.54 Å². The highest BCUT2D eigenvalue weighted by Crippen LogP contribution is 2.31. The predicted octanol–water partition coefficient (Wildman–Crippen LogP) is 1.41. The number of nitrogens with two attached hydrogens (primary N) is 1. The van der Waals surface area contributed by atoms with Crippen LogP contribution in [-0.2, 0) is 19.3 Å². The number of rotatable bonds is 4. The first-order chi connectivity index (χ1) is 11.4. The summed E-state index contributed by atoms with van der Waals surface area (Å²) in [7, 11) is 0. The Morgan fingerprint density at radius 1 is 1.21 bits per heavy atom. The van der Waals surface area contributed by atoms with E-state index in [1.807, 2.05) is 0 Å². The maximum atomic E-state index is 12.7. The molecule has 0 fully saturated rings. The molecule has 0 atom stereocenters. The van der Waals surface area contributed by atoms with Gasteiger partial charge in [-0.1, -0.05) is 22.4 Å². The summed E-state index contributed by atoms with van der Waals surface area (Å²) in [6.07, 6.45) is -4.48. The van der Waals surface area contributed by atoms with E-state index in [-0.39, 0.29) is 36.2 Å². The zero-order chi connectivity index (χ0) is 17.3. The summed E-state index contributed by atoms with van der Waals surface area (Å²) >= 11 is 0. The fourth-order valence-electron chi connectivity index (χ4n) is 2.01. The lowest BCUT2D eigenvalue weighted by atomic mass is 10.1. The van der Waals surface area contributed by atoms with Gasteiger partial charge in [0.25, 0.3) is 0 Å². The average Bonchev–Trinajstić information content (AvgIpc) is 3.15. The Bertz CT molecular complexity index is 912. The van der Waals surface area contributed by atoms with Gasteiger partial charge in [0.15, 0.2) is 5.82 Å². The standard InChI is InChI=1S/C13H10F3N5O3/c14-13(15,16)8-3-1-2-7(4-8)11-18-10(23-20-11)6-21-9(5-17)19-24-12(21)22/h1-4H,5-6,17H2. The molecule has 0 aliphatic rings. The first kappa shape index (κ1) is 15.9. The summed E-state index contributed by atoms with van der Waals surface area (Å²) in [4.78, 5) is 15.5. The minimum Gasteiger partial charge on any atom is -0.337 e. The van der Waals surface area contributed by atoms with Crippen molar-refractivity contribution in [3.05, 3.63) is 52.1 Å². The molecule has 2 heterocycles. The molecule has 0 unspecified atom stereocenters. The first-order valence-corrected chi connectivity index (χ1v) is 6.64. The van der Waals surface area contributed by atoms with Gasteiger partial charge in [0.2, 0.25) is 11.7 Å². The first-order valence-electron chi connectivity index (χ1n) is 6.64. The second-order valence-electron chi connectivity index (χ2n) is 4.75. The van der Waals surface area contributed by atoms with Crippen LogP contribution in [0.2, 0.25) is 0 Å². The molecule has 0 saturated heterocycles. The molecule has 24 heavy (non-hydrogen) atoms. The van der Waals surface area contributed by atoms with Gasteiger partial charge in [-0.15, -0.1) is 0 Å². The normalized spacial score (nSPS) is 11.8. The second kappa shape index (κ2) is 5.92. The molecule has 3 aromatic rings. The molecule has 0 radical (unpaired) electrons. The van der Waals surface area contributed by atoms with Crippen LogP contribution in [0.1, 0.15) is 17.3 Å². The van der Waals surface area contributed by atoms with Crippen molar-refractivity contribution in [2.24, 2.45) is 5.73 Å². The van der Waals surface area contributed by atoms with Crippen molar-refractivity contribution in [2.75, 3.05) is 0 Å². The van der Waals surface area contributed by atoms with Gasteiger partial charge >= 0.3 is 11.9 Å². The molecule has 0 aliphatic heterocycles. The summed E-state index contributed by atoms with van der Waals surface area (Å²) in [6, 6.07) is 4.51. The molecule has 2 aromatic heterocycles. The van der Waals surface area contributed by atoms with Crippen LogP contribution in [0.15, 0.2) is 38.1 Å². The molecule has 3 rings (SSSR count). The largest absolute Gasteiger partial charge is 0.442 e. The number of hydrogen-bond acceptors (Lipinski definition) is 7. The minimum atomic E-state index is -4.48. The van der Waals surface area contributed by atoms with Gasteiger partial charge in [-0.05, 0) is 12.1 Å². The SMILES string of the molecule is NCc1noc(=O)n1Cc1nc(-c2cccc(C(F)(F)F)c2)no1. The van der Waals surface area contributed by atoms with Crippen LogP contribution < -0.4 is 11.5 Å². The third-order valence-corrected chi connectivity index (χ3v) is 3.15.